The fourth-order valence-corrected chi connectivity index (χ4v) is 3.63. The maximum Gasteiger partial charge on any atom is 0.417 e. The van der Waals surface area contributed by atoms with Crippen LogP contribution in [0.15, 0.2) is 21.8 Å². The molecule has 0 unspecified atom stereocenters. The lowest BCUT2D eigenvalue weighted by Crippen LogP contribution is -2.07. The van der Waals surface area contributed by atoms with Gasteiger partial charge in [-0.15, -0.1) is 10.2 Å². The Hall–Kier alpha value is -1.43. The van der Waals surface area contributed by atoms with Gasteiger partial charge < -0.3 is 4.74 Å². The fraction of sp³-hybridized carbons (Fsp3) is 0.333. The van der Waals surface area contributed by atoms with Crippen molar-refractivity contribution in [3.63, 3.8) is 0 Å². The van der Waals surface area contributed by atoms with Gasteiger partial charge in [-0.05, 0) is 29.4 Å². The van der Waals surface area contributed by atoms with E-state index in [1.807, 2.05) is 0 Å². The molecule has 0 atom stereocenters. The number of rotatable bonds is 5. The lowest BCUT2D eigenvalue weighted by Gasteiger charge is -2.08. The summed E-state index contributed by atoms with van der Waals surface area (Å²) in [4.78, 5) is 4.28. The predicted octanol–water partition coefficient (Wildman–Crippen LogP) is 3.59. The molecular formula is C12H9ClF3N5OS2. The molecule has 3 rings (SSSR count). The Balaban J connectivity index is 1.92. The third kappa shape index (κ3) is 3.63. The molecular weight excluding hydrogens is 387 g/mol. The van der Waals surface area contributed by atoms with Crippen molar-refractivity contribution in [3.8, 4) is 0 Å². The molecule has 0 aliphatic carbocycles. The van der Waals surface area contributed by atoms with Gasteiger partial charge in [-0.25, -0.2) is 4.98 Å². The van der Waals surface area contributed by atoms with E-state index in [0.29, 0.717) is 23.2 Å². The van der Waals surface area contributed by atoms with Crippen molar-refractivity contribution in [3.05, 3.63) is 28.7 Å². The summed E-state index contributed by atoms with van der Waals surface area (Å²) in [5.74, 6) is 0.604. The smallest absolute Gasteiger partial charge is 0.384 e. The fourth-order valence-electron chi connectivity index (χ4n) is 1.81. The third-order valence-electron chi connectivity index (χ3n) is 2.91. The summed E-state index contributed by atoms with van der Waals surface area (Å²) in [6.07, 6.45) is -3.05. The van der Waals surface area contributed by atoms with Crippen molar-refractivity contribution in [2.24, 2.45) is 0 Å². The van der Waals surface area contributed by atoms with E-state index in [1.54, 1.807) is 7.11 Å². The van der Waals surface area contributed by atoms with Crippen molar-refractivity contribution in [1.82, 2.24) is 24.0 Å². The van der Waals surface area contributed by atoms with E-state index in [2.05, 4.69) is 19.6 Å². The molecule has 3 aromatic heterocycles. The highest BCUT2D eigenvalue weighted by Crippen LogP contribution is 2.34. The van der Waals surface area contributed by atoms with E-state index >= 15 is 0 Å². The van der Waals surface area contributed by atoms with Gasteiger partial charge in [-0.3, -0.25) is 4.40 Å². The number of nitrogens with zero attached hydrogens (tertiary/aromatic N) is 5. The molecule has 0 saturated carbocycles. The first-order valence-corrected chi connectivity index (χ1v) is 8.46. The van der Waals surface area contributed by atoms with Crippen LogP contribution in [-0.2, 0) is 17.3 Å². The van der Waals surface area contributed by atoms with E-state index in [-0.39, 0.29) is 15.8 Å². The SMILES string of the molecule is COCCc1nsc(Sc2nnc3c(Cl)cc(C(F)(F)F)cn23)n1. The third-order valence-corrected chi connectivity index (χ3v) is 4.94. The number of hydrogen-bond donors (Lipinski definition) is 0. The highest BCUT2D eigenvalue weighted by atomic mass is 35.5. The first-order valence-electron chi connectivity index (χ1n) is 6.49. The van der Waals surface area contributed by atoms with Gasteiger partial charge in [0.2, 0.25) is 5.16 Å². The predicted molar refractivity (Wildman–Crippen MR) is 82.6 cm³/mol. The first-order chi connectivity index (χ1) is 11.4. The van der Waals surface area contributed by atoms with E-state index < -0.39 is 11.7 Å². The molecule has 0 radical (unpaired) electrons. The molecule has 3 heterocycles. The van der Waals surface area contributed by atoms with Crippen molar-refractivity contribution < 1.29 is 17.9 Å². The summed E-state index contributed by atoms with van der Waals surface area (Å²) in [7, 11) is 1.58. The van der Waals surface area contributed by atoms with E-state index in [9.17, 15) is 13.2 Å². The standard InChI is InChI=1S/C12H9ClF3N5OS2/c1-22-3-2-8-17-11(24-20-8)23-10-19-18-9-7(13)4-6(5-21(9)10)12(14,15)16/h4-5H,2-3H2,1H3. The second-order valence-corrected chi connectivity index (χ2v) is 6.95. The molecule has 0 N–H and O–H groups in total. The van der Waals surface area contributed by atoms with Gasteiger partial charge in [-0.2, -0.15) is 17.5 Å². The number of methoxy groups -OCH3 is 1. The number of fused-ring (bicyclic) bond motifs is 1. The van der Waals surface area contributed by atoms with Crippen LogP contribution in [0.5, 0.6) is 0 Å². The lowest BCUT2D eigenvalue weighted by atomic mass is 10.3. The van der Waals surface area contributed by atoms with E-state index in [0.717, 1.165) is 35.6 Å². The Morgan fingerprint density at radius 3 is 2.88 bits per heavy atom. The molecule has 0 aliphatic heterocycles. The average molecular weight is 396 g/mol. The monoisotopic (exact) mass is 395 g/mol. The summed E-state index contributed by atoms with van der Waals surface area (Å²) >= 11 is 8.08. The zero-order valence-corrected chi connectivity index (χ0v) is 14.4. The van der Waals surface area contributed by atoms with Gasteiger partial charge in [0.15, 0.2) is 9.99 Å². The number of hydrogen-bond acceptors (Lipinski definition) is 7. The minimum absolute atomic E-state index is 0.123. The van der Waals surface area contributed by atoms with Crippen molar-refractivity contribution in [1.29, 1.82) is 0 Å². The highest BCUT2D eigenvalue weighted by molar-refractivity contribution is 8.00. The maximum atomic E-state index is 12.9. The summed E-state index contributed by atoms with van der Waals surface area (Å²) in [6, 6.07) is 0.827. The van der Waals surface area contributed by atoms with Crippen LogP contribution in [0.2, 0.25) is 5.02 Å². The van der Waals surface area contributed by atoms with Crippen molar-refractivity contribution in [2.75, 3.05) is 13.7 Å². The molecule has 12 heteroatoms. The van der Waals surface area contributed by atoms with Crippen LogP contribution in [-0.4, -0.2) is 37.7 Å². The number of pyridine rings is 1. The molecule has 3 aromatic rings. The second-order valence-electron chi connectivity index (χ2n) is 4.57. The molecule has 128 valence electrons. The van der Waals surface area contributed by atoms with Crippen LogP contribution in [0.1, 0.15) is 11.4 Å². The normalized spacial score (nSPS) is 12.2. The quantitative estimate of drug-likeness (QED) is 0.657. The second kappa shape index (κ2) is 6.82. The zero-order chi connectivity index (χ0) is 17.3. The topological polar surface area (TPSA) is 65.2 Å². The van der Waals surface area contributed by atoms with Gasteiger partial charge >= 0.3 is 6.18 Å². The van der Waals surface area contributed by atoms with Gasteiger partial charge in [0, 0.05) is 19.7 Å². The average Bonchev–Trinajstić information content (AvgIpc) is 3.12. The molecule has 6 nitrogen and oxygen atoms in total. The lowest BCUT2D eigenvalue weighted by molar-refractivity contribution is -0.137. The number of ether oxygens (including phenoxy) is 1. The van der Waals surface area contributed by atoms with Gasteiger partial charge in [0.05, 0.1) is 17.2 Å². The van der Waals surface area contributed by atoms with Crippen molar-refractivity contribution >= 4 is 40.5 Å². The highest BCUT2D eigenvalue weighted by Gasteiger charge is 2.32. The minimum atomic E-state index is -4.51. The van der Waals surface area contributed by atoms with E-state index in [4.69, 9.17) is 16.3 Å². The Kier molecular flexibility index (Phi) is 4.95. The summed E-state index contributed by atoms with van der Waals surface area (Å²) in [5.41, 5.74) is -0.726. The van der Waals surface area contributed by atoms with Gasteiger partial charge in [0.1, 0.15) is 5.82 Å². The molecule has 0 aromatic carbocycles. The van der Waals surface area contributed by atoms with Crippen LogP contribution in [0.4, 0.5) is 13.2 Å². The summed E-state index contributed by atoms with van der Waals surface area (Å²) in [6.45, 7) is 0.485. The molecule has 0 aliphatic rings. The van der Waals surface area contributed by atoms with Crippen LogP contribution in [0.25, 0.3) is 5.65 Å². The molecule has 0 fully saturated rings. The zero-order valence-electron chi connectivity index (χ0n) is 12.0. The number of aromatic nitrogens is 5. The van der Waals surface area contributed by atoms with Crippen LogP contribution in [0.3, 0.4) is 0 Å². The Morgan fingerprint density at radius 2 is 2.17 bits per heavy atom. The van der Waals surface area contributed by atoms with Crippen LogP contribution in [0, 0.1) is 0 Å². The molecule has 0 saturated heterocycles. The molecule has 0 amide bonds. The first kappa shape index (κ1) is 17.4. The van der Waals surface area contributed by atoms with Gasteiger partial charge in [-0.1, -0.05) is 11.6 Å². The van der Waals surface area contributed by atoms with E-state index in [1.165, 1.54) is 4.40 Å². The van der Waals surface area contributed by atoms with Crippen molar-refractivity contribution in [2.45, 2.75) is 22.1 Å². The number of alkyl halides is 3. The Bertz CT molecular complexity index is 866. The Labute approximate surface area is 147 Å². The minimum Gasteiger partial charge on any atom is -0.384 e. The molecule has 0 spiro atoms. The maximum absolute atomic E-state index is 12.9. The van der Waals surface area contributed by atoms with Crippen LogP contribution >= 0.6 is 34.9 Å². The largest absolute Gasteiger partial charge is 0.417 e. The number of halogens is 4. The summed E-state index contributed by atoms with van der Waals surface area (Å²) < 4.78 is 49.6. The van der Waals surface area contributed by atoms with Gasteiger partial charge in [0.25, 0.3) is 0 Å². The Morgan fingerprint density at radius 1 is 1.38 bits per heavy atom. The molecule has 0 bridgehead atoms. The molecule has 24 heavy (non-hydrogen) atoms. The van der Waals surface area contributed by atoms with Crippen LogP contribution < -0.4 is 0 Å². The summed E-state index contributed by atoms with van der Waals surface area (Å²) in [5, 5.41) is 7.81.